The predicted octanol–water partition coefficient (Wildman–Crippen LogP) is 1.28. The fourth-order valence-electron chi connectivity index (χ4n) is 6.64. The maximum Gasteiger partial charge on any atom is 0.315 e. The number of unbranched alkanes of at least 4 members (excludes halogenated alkanes) is 1. The van der Waals surface area contributed by atoms with Crippen LogP contribution in [0.4, 0.5) is 4.79 Å². The molecular weight excluding hydrogens is 600 g/mol. The van der Waals surface area contributed by atoms with Crippen LogP contribution in [0.5, 0.6) is 0 Å². The summed E-state index contributed by atoms with van der Waals surface area (Å²) in [6, 6.07) is -4.37. The molecule has 0 radical (unpaired) electrons. The first kappa shape index (κ1) is 36.5. The van der Waals surface area contributed by atoms with Gasteiger partial charge in [0.15, 0.2) is 0 Å². The molecule has 14 heteroatoms. The van der Waals surface area contributed by atoms with E-state index >= 15 is 0 Å². The minimum Gasteiger partial charge on any atom is -0.363 e. The number of nitrogens with two attached hydrogens (primary N) is 1. The number of carbonyl (C=O) groups is 5. The molecule has 5 N–H and O–H groups in total. The molecule has 3 rings (SSSR count). The average molecular weight is 653 g/mol. The van der Waals surface area contributed by atoms with Crippen LogP contribution < -0.4 is 21.7 Å². The molecule has 0 bridgehead atoms. The minimum atomic E-state index is -3.43. The molecule has 254 valence electrons. The van der Waals surface area contributed by atoms with E-state index in [0.29, 0.717) is 31.5 Å². The lowest BCUT2D eigenvalue weighted by Gasteiger charge is -2.38. The SMILES string of the molecule is C=C(C)[C@@H](CN1CCCCS1(=O)=O)NC(=O)N[C@H](C(=O)N1C[C@H]2[C@@H]([C@H]1C(=O)NC(CCCC)C(=O)C(N)=O)C2(C)C)C(C)(C)C. The summed E-state index contributed by atoms with van der Waals surface area (Å²) in [6.45, 7) is 17.7. The molecule has 0 aromatic carbocycles. The van der Waals surface area contributed by atoms with E-state index in [4.69, 9.17) is 5.73 Å². The highest BCUT2D eigenvalue weighted by molar-refractivity contribution is 7.89. The van der Waals surface area contributed by atoms with Crippen molar-refractivity contribution in [3.05, 3.63) is 12.2 Å². The summed E-state index contributed by atoms with van der Waals surface area (Å²) in [7, 11) is -3.43. The van der Waals surface area contributed by atoms with Crippen molar-refractivity contribution in [1.29, 1.82) is 0 Å². The Hall–Kier alpha value is -3.00. The van der Waals surface area contributed by atoms with Gasteiger partial charge < -0.3 is 26.6 Å². The second kappa shape index (κ2) is 13.8. The number of likely N-dealkylation sites (tertiary alicyclic amines) is 1. The zero-order valence-corrected chi connectivity index (χ0v) is 28.6. The largest absolute Gasteiger partial charge is 0.363 e. The van der Waals surface area contributed by atoms with Gasteiger partial charge in [0, 0.05) is 19.6 Å². The third-order valence-electron chi connectivity index (χ3n) is 9.61. The van der Waals surface area contributed by atoms with Crippen molar-refractivity contribution in [2.75, 3.05) is 25.4 Å². The van der Waals surface area contributed by atoms with Crippen LogP contribution in [0.25, 0.3) is 0 Å². The van der Waals surface area contributed by atoms with Gasteiger partial charge >= 0.3 is 6.03 Å². The summed E-state index contributed by atoms with van der Waals surface area (Å²) in [5.41, 5.74) is 4.84. The quantitative estimate of drug-likeness (QED) is 0.170. The van der Waals surface area contributed by atoms with Crippen LogP contribution in [0.15, 0.2) is 12.2 Å². The molecule has 2 heterocycles. The van der Waals surface area contributed by atoms with E-state index in [2.05, 4.69) is 22.5 Å². The molecule has 3 aliphatic rings. The number of hydrogen-bond donors (Lipinski definition) is 4. The number of amides is 5. The van der Waals surface area contributed by atoms with Crippen molar-refractivity contribution in [3.63, 3.8) is 0 Å². The lowest BCUT2D eigenvalue weighted by Crippen LogP contribution is -2.62. The van der Waals surface area contributed by atoms with Crippen LogP contribution in [0.1, 0.15) is 80.6 Å². The molecule has 45 heavy (non-hydrogen) atoms. The summed E-state index contributed by atoms with van der Waals surface area (Å²) in [6.07, 6.45) is 2.90. The van der Waals surface area contributed by atoms with Crippen molar-refractivity contribution < 1.29 is 32.4 Å². The molecule has 6 atom stereocenters. The summed E-state index contributed by atoms with van der Waals surface area (Å²) in [5, 5.41) is 8.30. The van der Waals surface area contributed by atoms with E-state index < -0.39 is 69.1 Å². The number of nitrogens with zero attached hydrogens (tertiary/aromatic N) is 2. The van der Waals surface area contributed by atoms with Crippen LogP contribution in [-0.4, -0.2) is 96.7 Å². The van der Waals surface area contributed by atoms with Crippen LogP contribution in [0, 0.1) is 22.7 Å². The third-order valence-corrected chi connectivity index (χ3v) is 11.5. The van der Waals surface area contributed by atoms with E-state index in [1.165, 1.54) is 9.21 Å². The van der Waals surface area contributed by atoms with Gasteiger partial charge in [0.25, 0.3) is 5.91 Å². The maximum absolute atomic E-state index is 14.2. The fourth-order valence-corrected chi connectivity index (χ4v) is 8.25. The zero-order chi connectivity index (χ0) is 34.1. The molecule has 3 fully saturated rings. The lowest BCUT2D eigenvalue weighted by atomic mass is 9.85. The van der Waals surface area contributed by atoms with Crippen LogP contribution >= 0.6 is 0 Å². The number of rotatable bonds is 13. The predicted molar refractivity (Wildman–Crippen MR) is 170 cm³/mol. The molecule has 1 aliphatic carbocycles. The van der Waals surface area contributed by atoms with E-state index in [-0.39, 0.29) is 36.0 Å². The molecule has 13 nitrogen and oxygen atoms in total. The zero-order valence-electron chi connectivity index (χ0n) is 27.8. The highest BCUT2D eigenvalue weighted by Crippen LogP contribution is 2.65. The monoisotopic (exact) mass is 652 g/mol. The van der Waals surface area contributed by atoms with Crippen molar-refractivity contribution in [3.8, 4) is 0 Å². The van der Waals surface area contributed by atoms with E-state index in [1.54, 1.807) is 27.7 Å². The Bertz CT molecular complexity index is 1310. The Kier molecular flexibility index (Phi) is 11.2. The van der Waals surface area contributed by atoms with Gasteiger partial charge in [-0.15, -0.1) is 0 Å². The Labute approximate surface area is 267 Å². The fraction of sp³-hybridized carbons (Fsp3) is 0.774. The van der Waals surface area contributed by atoms with Crippen molar-refractivity contribution in [2.45, 2.75) is 105 Å². The molecule has 1 saturated carbocycles. The van der Waals surface area contributed by atoms with Crippen LogP contribution in [0.3, 0.4) is 0 Å². The van der Waals surface area contributed by atoms with Gasteiger partial charge in [0.1, 0.15) is 12.1 Å². The van der Waals surface area contributed by atoms with Gasteiger partial charge in [-0.2, -0.15) is 4.31 Å². The number of sulfonamides is 1. The molecule has 5 amide bonds. The highest BCUT2D eigenvalue weighted by atomic mass is 32.2. The van der Waals surface area contributed by atoms with Crippen molar-refractivity contribution in [1.82, 2.24) is 25.2 Å². The lowest BCUT2D eigenvalue weighted by molar-refractivity contribution is -0.145. The first-order valence-electron chi connectivity index (χ1n) is 15.9. The number of ketones is 1. The summed E-state index contributed by atoms with van der Waals surface area (Å²) >= 11 is 0. The van der Waals surface area contributed by atoms with Gasteiger partial charge in [-0.25, -0.2) is 13.2 Å². The van der Waals surface area contributed by atoms with Gasteiger partial charge in [0.05, 0.1) is 17.8 Å². The first-order chi connectivity index (χ1) is 20.7. The normalized spacial score (nSPS) is 25.7. The Morgan fingerprint density at radius 3 is 2.22 bits per heavy atom. The third kappa shape index (κ3) is 8.24. The smallest absolute Gasteiger partial charge is 0.315 e. The Morgan fingerprint density at radius 2 is 1.69 bits per heavy atom. The molecule has 2 saturated heterocycles. The Morgan fingerprint density at radius 1 is 1.04 bits per heavy atom. The van der Waals surface area contributed by atoms with E-state index in [0.717, 1.165) is 12.8 Å². The van der Waals surface area contributed by atoms with Crippen molar-refractivity contribution >= 4 is 39.6 Å². The van der Waals surface area contributed by atoms with Gasteiger partial charge in [-0.1, -0.05) is 66.5 Å². The number of carbonyl (C=O) groups excluding carboxylic acids is 5. The molecular formula is C31H52N6O7S. The number of piperidine rings is 1. The topological polar surface area (TPSA) is 188 Å². The number of fused-ring (bicyclic) bond motifs is 1. The standard InChI is InChI=1S/C31H52N6O7S/c1-9-10-13-20(24(38)26(32)39)33-27(40)23-22-19(31(22,7)8)16-37(23)28(41)25(30(4,5)6)35-29(42)34-21(18(2)3)17-36-14-11-12-15-45(36,43)44/h19-23,25H,2,9-17H2,1,3-8H3,(H2,32,39)(H,33,40)(H2,34,35,42)/t19-,20?,21+,22-,23-,25+/m0/s1. The Balaban J connectivity index is 1.80. The molecule has 1 unspecified atom stereocenters. The average Bonchev–Trinajstić information content (AvgIpc) is 3.25. The number of hydrogen-bond acceptors (Lipinski definition) is 7. The second-order valence-electron chi connectivity index (χ2n) is 14.5. The summed E-state index contributed by atoms with van der Waals surface area (Å²) in [4.78, 5) is 67.0. The molecule has 0 aromatic heterocycles. The summed E-state index contributed by atoms with van der Waals surface area (Å²) < 4.78 is 26.5. The van der Waals surface area contributed by atoms with Crippen molar-refractivity contribution in [2.24, 2.45) is 28.4 Å². The second-order valence-corrected chi connectivity index (χ2v) is 16.6. The van der Waals surface area contributed by atoms with E-state index in [9.17, 15) is 32.4 Å². The first-order valence-corrected chi connectivity index (χ1v) is 17.5. The minimum absolute atomic E-state index is 0.0370. The number of urea groups is 1. The number of nitrogens with one attached hydrogen (secondary N) is 3. The van der Waals surface area contributed by atoms with Gasteiger partial charge in [-0.05, 0) is 48.9 Å². The molecule has 0 aromatic rings. The maximum atomic E-state index is 14.2. The summed E-state index contributed by atoms with van der Waals surface area (Å²) in [5.74, 6) is -3.04. The number of primary amides is 1. The van der Waals surface area contributed by atoms with Gasteiger partial charge in [-0.3, -0.25) is 19.2 Å². The van der Waals surface area contributed by atoms with Gasteiger partial charge in [0.2, 0.25) is 27.6 Å². The highest BCUT2D eigenvalue weighted by Gasteiger charge is 2.70. The molecule has 2 aliphatic heterocycles. The number of Topliss-reactive ketones (excluding diaryl/α,β-unsaturated/α-hetero) is 1. The van der Waals surface area contributed by atoms with Crippen LogP contribution in [0.2, 0.25) is 0 Å². The van der Waals surface area contributed by atoms with E-state index in [1.807, 2.05) is 20.8 Å². The molecule has 0 spiro atoms. The van der Waals surface area contributed by atoms with Crippen LogP contribution in [-0.2, 0) is 29.2 Å².